The average Bonchev–Trinajstić information content (AvgIpc) is 2.18. The highest BCUT2D eigenvalue weighted by Crippen LogP contribution is 2.31. The molecule has 0 heterocycles. The van der Waals surface area contributed by atoms with Crippen LogP contribution in [0.25, 0.3) is 0 Å². The van der Waals surface area contributed by atoms with E-state index in [1.807, 2.05) is 6.92 Å². The summed E-state index contributed by atoms with van der Waals surface area (Å²) in [6, 6.07) is 0. The fraction of sp³-hybridized carbons (Fsp3) is 0.909. The van der Waals surface area contributed by atoms with Crippen LogP contribution in [0.5, 0.6) is 0 Å². The minimum absolute atomic E-state index is 0.419. The lowest BCUT2D eigenvalue weighted by Crippen LogP contribution is -2.22. The van der Waals surface area contributed by atoms with Crippen LogP contribution in [0, 0.1) is 17.2 Å². The van der Waals surface area contributed by atoms with Crippen molar-refractivity contribution in [3.63, 3.8) is 0 Å². The first-order valence-corrected chi connectivity index (χ1v) is 5.49. The molecule has 0 spiro atoms. The monoisotopic (exact) mass is 183 g/mol. The largest absolute Gasteiger partial charge is 0.481 e. The molecule has 0 aromatic heterocycles. The number of rotatable bonds is 3. The van der Waals surface area contributed by atoms with Crippen LogP contribution in [0.3, 0.4) is 0 Å². The van der Waals surface area contributed by atoms with Crippen LogP contribution in [0.4, 0.5) is 0 Å². The Labute approximate surface area is 81.2 Å². The van der Waals surface area contributed by atoms with Gasteiger partial charge >= 0.3 is 0 Å². The van der Waals surface area contributed by atoms with Crippen LogP contribution in [0.2, 0.25) is 0 Å². The van der Waals surface area contributed by atoms with Crippen molar-refractivity contribution in [2.75, 3.05) is 6.61 Å². The summed E-state index contributed by atoms with van der Waals surface area (Å²) in [6.07, 6.45) is 6.20. The third kappa shape index (κ3) is 3.02. The van der Waals surface area contributed by atoms with Gasteiger partial charge in [0.2, 0.25) is 0 Å². The van der Waals surface area contributed by atoms with Crippen molar-refractivity contribution in [2.45, 2.75) is 46.0 Å². The number of hydrogen-bond acceptors (Lipinski definition) is 2. The molecule has 1 fully saturated rings. The van der Waals surface area contributed by atoms with Crippen molar-refractivity contribution < 1.29 is 4.74 Å². The van der Waals surface area contributed by atoms with E-state index in [0.717, 1.165) is 18.8 Å². The smallest absolute Gasteiger partial charge is 0.183 e. The minimum atomic E-state index is 0.419. The summed E-state index contributed by atoms with van der Waals surface area (Å²) in [7, 11) is 0. The normalized spacial score (nSPS) is 28.5. The Kier molecular flexibility index (Phi) is 4.26. The van der Waals surface area contributed by atoms with Crippen molar-refractivity contribution in [3.05, 3.63) is 0 Å². The Balaban J connectivity index is 2.28. The van der Waals surface area contributed by atoms with E-state index in [9.17, 15) is 0 Å². The number of nitrogens with one attached hydrogen (secondary N) is 1. The van der Waals surface area contributed by atoms with Gasteiger partial charge in [-0.15, -0.1) is 0 Å². The topological polar surface area (TPSA) is 33.1 Å². The fourth-order valence-corrected chi connectivity index (χ4v) is 2.11. The van der Waals surface area contributed by atoms with Crippen molar-refractivity contribution in [1.82, 2.24) is 0 Å². The van der Waals surface area contributed by atoms with E-state index in [1.54, 1.807) is 0 Å². The third-order valence-corrected chi connectivity index (χ3v) is 3.09. The molecule has 0 aliphatic heterocycles. The van der Waals surface area contributed by atoms with Crippen molar-refractivity contribution in [2.24, 2.45) is 11.8 Å². The van der Waals surface area contributed by atoms with E-state index in [0.29, 0.717) is 18.4 Å². The summed E-state index contributed by atoms with van der Waals surface area (Å²) in [6.45, 7) is 4.86. The Morgan fingerprint density at radius 1 is 1.23 bits per heavy atom. The maximum Gasteiger partial charge on any atom is 0.183 e. The molecule has 1 saturated carbocycles. The van der Waals surface area contributed by atoms with Crippen LogP contribution in [-0.2, 0) is 4.74 Å². The molecule has 1 aliphatic carbocycles. The van der Waals surface area contributed by atoms with Gasteiger partial charge in [-0.2, -0.15) is 0 Å². The molecule has 2 nitrogen and oxygen atoms in total. The maximum absolute atomic E-state index is 7.68. The molecule has 0 saturated heterocycles. The standard InChI is InChI=1S/C11H21NO/c1-3-9-5-7-10(8-6-9)11(12)13-4-2/h9-10,12H,3-8H2,1-2H3. The second kappa shape index (κ2) is 5.25. The molecule has 13 heavy (non-hydrogen) atoms. The maximum atomic E-state index is 7.68. The average molecular weight is 183 g/mol. The molecule has 0 radical (unpaired) electrons. The highest BCUT2D eigenvalue weighted by molar-refractivity contribution is 5.75. The Bertz CT molecular complexity index is 159. The molecule has 0 aromatic carbocycles. The minimum Gasteiger partial charge on any atom is -0.481 e. The highest BCUT2D eigenvalue weighted by atomic mass is 16.5. The Morgan fingerprint density at radius 2 is 1.85 bits per heavy atom. The molecule has 0 amide bonds. The fourth-order valence-electron chi connectivity index (χ4n) is 2.11. The Morgan fingerprint density at radius 3 is 2.31 bits per heavy atom. The predicted molar refractivity (Wildman–Crippen MR) is 55.1 cm³/mol. The summed E-state index contributed by atoms with van der Waals surface area (Å²) < 4.78 is 5.23. The highest BCUT2D eigenvalue weighted by Gasteiger charge is 2.23. The lowest BCUT2D eigenvalue weighted by atomic mass is 9.81. The second-order valence-electron chi connectivity index (χ2n) is 3.92. The second-order valence-corrected chi connectivity index (χ2v) is 3.92. The molecule has 76 valence electrons. The molecule has 1 aliphatic rings. The van der Waals surface area contributed by atoms with Crippen LogP contribution in [0.15, 0.2) is 0 Å². The van der Waals surface area contributed by atoms with Gasteiger partial charge in [-0.1, -0.05) is 13.3 Å². The number of hydrogen-bond donors (Lipinski definition) is 1. The van der Waals surface area contributed by atoms with Gasteiger partial charge in [-0.25, -0.2) is 0 Å². The van der Waals surface area contributed by atoms with Gasteiger partial charge in [0.05, 0.1) is 6.61 Å². The zero-order valence-corrected chi connectivity index (χ0v) is 8.81. The lowest BCUT2D eigenvalue weighted by Gasteiger charge is -2.27. The van der Waals surface area contributed by atoms with Gasteiger partial charge in [-0.05, 0) is 38.5 Å². The van der Waals surface area contributed by atoms with Gasteiger partial charge in [0.1, 0.15) is 0 Å². The van der Waals surface area contributed by atoms with Crippen LogP contribution in [-0.4, -0.2) is 12.5 Å². The SMILES string of the molecule is CCOC(=N)C1CCC(CC)CC1. The van der Waals surface area contributed by atoms with Crippen molar-refractivity contribution in [3.8, 4) is 0 Å². The van der Waals surface area contributed by atoms with Crippen LogP contribution in [0.1, 0.15) is 46.0 Å². The quantitative estimate of drug-likeness (QED) is 0.529. The zero-order chi connectivity index (χ0) is 9.68. The van der Waals surface area contributed by atoms with Gasteiger partial charge in [-0.3, -0.25) is 5.41 Å². The van der Waals surface area contributed by atoms with Crippen molar-refractivity contribution >= 4 is 5.90 Å². The van der Waals surface area contributed by atoms with Gasteiger partial charge in [0.25, 0.3) is 0 Å². The van der Waals surface area contributed by atoms with Gasteiger partial charge < -0.3 is 4.74 Å². The molecule has 1 rings (SSSR count). The number of ether oxygens (including phenoxy) is 1. The van der Waals surface area contributed by atoms with E-state index in [-0.39, 0.29) is 0 Å². The predicted octanol–water partition coefficient (Wildman–Crippen LogP) is 3.22. The summed E-state index contributed by atoms with van der Waals surface area (Å²) in [4.78, 5) is 0. The Hall–Kier alpha value is -0.530. The van der Waals surface area contributed by atoms with Gasteiger partial charge in [0.15, 0.2) is 5.90 Å². The first-order valence-electron chi connectivity index (χ1n) is 5.49. The molecular weight excluding hydrogens is 162 g/mol. The first-order chi connectivity index (χ1) is 6.27. The van der Waals surface area contributed by atoms with E-state index in [2.05, 4.69) is 6.92 Å². The zero-order valence-electron chi connectivity index (χ0n) is 8.81. The summed E-state index contributed by atoms with van der Waals surface area (Å²) >= 11 is 0. The first kappa shape index (κ1) is 10.6. The van der Waals surface area contributed by atoms with E-state index >= 15 is 0 Å². The van der Waals surface area contributed by atoms with E-state index in [1.165, 1.54) is 19.3 Å². The van der Waals surface area contributed by atoms with Gasteiger partial charge in [0, 0.05) is 5.92 Å². The molecule has 0 bridgehead atoms. The summed E-state index contributed by atoms with van der Waals surface area (Å²) in [5, 5.41) is 7.68. The molecular formula is C11H21NO. The molecule has 1 N–H and O–H groups in total. The third-order valence-electron chi connectivity index (χ3n) is 3.09. The molecule has 0 aromatic rings. The summed E-state index contributed by atoms with van der Waals surface area (Å²) in [5.41, 5.74) is 0. The molecule has 2 heteroatoms. The molecule has 0 atom stereocenters. The molecule has 0 unspecified atom stereocenters. The van der Waals surface area contributed by atoms with E-state index < -0.39 is 0 Å². The van der Waals surface area contributed by atoms with E-state index in [4.69, 9.17) is 10.1 Å². The summed E-state index contributed by atoms with van der Waals surface area (Å²) in [5.74, 6) is 1.85. The van der Waals surface area contributed by atoms with Crippen LogP contribution >= 0.6 is 0 Å². The van der Waals surface area contributed by atoms with Crippen molar-refractivity contribution in [1.29, 1.82) is 5.41 Å². The van der Waals surface area contributed by atoms with Crippen LogP contribution < -0.4 is 0 Å². The lowest BCUT2D eigenvalue weighted by molar-refractivity contribution is 0.249.